The molecule has 1 unspecified atom stereocenters. The number of nitriles is 1. The monoisotopic (exact) mass is 435 g/mol. The second kappa shape index (κ2) is 5.86. The topological polar surface area (TPSA) is 87.4 Å². The fraction of sp³-hybridized carbons (Fsp3) is 0.267. The van der Waals surface area contributed by atoms with Gasteiger partial charge in [-0.2, -0.15) is 14.0 Å². The first-order valence-electron chi connectivity index (χ1n) is 6.87. The van der Waals surface area contributed by atoms with Gasteiger partial charge in [0.25, 0.3) is 0 Å². The van der Waals surface area contributed by atoms with Gasteiger partial charge in [0.1, 0.15) is 17.3 Å². The van der Waals surface area contributed by atoms with Crippen LogP contribution in [0.25, 0.3) is 0 Å². The Kier molecular flexibility index (Phi) is 4.21. The van der Waals surface area contributed by atoms with Gasteiger partial charge < -0.3 is 9.84 Å². The van der Waals surface area contributed by atoms with Crippen LogP contribution in [-0.2, 0) is 9.84 Å². The van der Waals surface area contributed by atoms with Gasteiger partial charge in [0.15, 0.2) is 6.10 Å². The van der Waals surface area contributed by atoms with Crippen molar-refractivity contribution >= 4 is 25.8 Å². The van der Waals surface area contributed by atoms with E-state index in [9.17, 15) is 26.7 Å². The summed E-state index contributed by atoms with van der Waals surface area (Å²) in [5, 5.41) is 12.7. The number of ether oxygens (including phenoxy) is 1. The minimum atomic E-state index is -4.90. The lowest BCUT2D eigenvalue weighted by molar-refractivity contribution is -0.0137. The third-order valence-corrected chi connectivity index (χ3v) is 6.96. The van der Waals surface area contributed by atoms with Gasteiger partial charge in [0.05, 0.1) is 21.4 Å². The lowest BCUT2D eigenvalue weighted by Crippen LogP contribution is -2.35. The van der Waals surface area contributed by atoms with Crippen molar-refractivity contribution in [3.8, 4) is 11.8 Å². The fourth-order valence-corrected chi connectivity index (χ4v) is 5.37. The molecule has 0 radical (unpaired) electrons. The molecular weight excluding hydrogens is 427 g/mol. The summed E-state index contributed by atoms with van der Waals surface area (Å²) in [7, 11) is -4.90. The van der Waals surface area contributed by atoms with Gasteiger partial charge in [-0.15, -0.1) is 0 Å². The molecule has 0 saturated carbocycles. The number of nitrogens with zero attached hydrogens (tertiary/aromatic N) is 1. The lowest BCUT2D eigenvalue weighted by atomic mass is 9.99. The third-order valence-electron chi connectivity index (χ3n) is 3.93. The summed E-state index contributed by atoms with van der Waals surface area (Å²) in [6.45, 7) is 0. The van der Waals surface area contributed by atoms with Crippen molar-refractivity contribution in [2.45, 2.75) is 23.0 Å². The molecule has 132 valence electrons. The third kappa shape index (κ3) is 2.67. The molecule has 25 heavy (non-hydrogen) atoms. The molecule has 2 aliphatic rings. The predicted octanol–water partition coefficient (Wildman–Crippen LogP) is 2.76. The standard InChI is InChI=1S/C15H9BrF3NO4S/c16-13-10(24-9-4-7(6-20)3-8(17)5-9)1-2-11-12(13)14(21)15(18,19)25(11,22)23/h1,3-5,11,14,21H,2H2/t11?,14-/m1/s1. The van der Waals surface area contributed by atoms with E-state index in [1.807, 2.05) is 0 Å². The summed E-state index contributed by atoms with van der Waals surface area (Å²) >= 11 is 2.99. The largest absolute Gasteiger partial charge is 0.456 e. The SMILES string of the molecule is N#Cc1cc(F)cc(OC2=CCC3C(=C2Br)[C@@H](O)C(F)(F)S3(=O)=O)c1. The number of rotatable bonds is 2. The maximum atomic E-state index is 13.9. The Labute approximate surface area is 149 Å². The number of hydrogen-bond donors (Lipinski definition) is 1. The highest BCUT2D eigenvalue weighted by Crippen LogP contribution is 2.50. The Morgan fingerprint density at radius 1 is 1.36 bits per heavy atom. The van der Waals surface area contributed by atoms with Crippen LogP contribution in [0.5, 0.6) is 5.75 Å². The van der Waals surface area contributed by atoms with Gasteiger partial charge >= 0.3 is 5.25 Å². The van der Waals surface area contributed by atoms with Crippen molar-refractivity contribution in [2.75, 3.05) is 0 Å². The molecular formula is C15H9BrF3NO4S. The summed E-state index contributed by atoms with van der Waals surface area (Å²) in [4.78, 5) is 0. The molecule has 5 nitrogen and oxygen atoms in total. The van der Waals surface area contributed by atoms with Crippen LogP contribution in [0.2, 0.25) is 0 Å². The molecule has 10 heteroatoms. The van der Waals surface area contributed by atoms with Crippen LogP contribution in [0.3, 0.4) is 0 Å². The van der Waals surface area contributed by atoms with Crippen molar-refractivity contribution in [1.29, 1.82) is 5.26 Å². The molecule has 1 aliphatic carbocycles. The normalized spacial score (nSPS) is 26.6. The second-order valence-electron chi connectivity index (χ2n) is 5.46. The minimum absolute atomic E-state index is 0.0110. The summed E-state index contributed by atoms with van der Waals surface area (Å²) in [5.41, 5.74) is -0.414. The first-order valence-corrected chi connectivity index (χ1v) is 9.21. The number of sulfone groups is 1. The predicted molar refractivity (Wildman–Crippen MR) is 84.1 cm³/mol. The smallest absolute Gasteiger partial charge is 0.375 e. The highest BCUT2D eigenvalue weighted by atomic mass is 79.9. The number of allylic oxidation sites excluding steroid dienone is 2. The average Bonchev–Trinajstić information content (AvgIpc) is 2.67. The van der Waals surface area contributed by atoms with Gasteiger partial charge in [0, 0.05) is 11.6 Å². The zero-order valence-electron chi connectivity index (χ0n) is 12.2. The molecule has 0 bridgehead atoms. The van der Waals surface area contributed by atoms with E-state index in [0.717, 1.165) is 12.1 Å². The Morgan fingerprint density at radius 2 is 2.04 bits per heavy atom. The molecule has 0 spiro atoms. The maximum Gasteiger partial charge on any atom is 0.375 e. The van der Waals surface area contributed by atoms with Gasteiger partial charge in [-0.25, -0.2) is 12.8 Å². The van der Waals surface area contributed by atoms with Gasteiger partial charge in [0.2, 0.25) is 9.84 Å². The van der Waals surface area contributed by atoms with Crippen LogP contribution in [0, 0.1) is 17.1 Å². The zero-order valence-corrected chi connectivity index (χ0v) is 14.6. The molecule has 1 fully saturated rings. The summed E-state index contributed by atoms with van der Waals surface area (Å²) in [5.74, 6) is -0.851. The first kappa shape index (κ1) is 18.0. The van der Waals surface area contributed by atoms with E-state index >= 15 is 0 Å². The molecule has 1 aromatic carbocycles. The van der Waals surface area contributed by atoms with Gasteiger partial charge in [-0.1, -0.05) is 0 Å². The van der Waals surface area contributed by atoms with E-state index in [1.165, 1.54) is 12.1 Å². The highest BCUT2D eigenvalue weighted by molar-refractivity contribution is 9.12. The Hall–Kier alpha value is -1.83. The average molecular weight is 436 g/mol. The number of benzene rings is 1. The van der Waals surface area contributed by atoms with E-state index in [0.29, 0.717) is 0 Å². The Balaban J connectivity index is 2.00. The summed E-state index contributed by atoms with van der Waals surface area (Å²) < 4.78 is 70.2. The van der Waals surface area contributed by atoms with Gasteiger partial charge in [-0.05, 0) is 40.6 Å². The number of aliphatic hydroxyl groups is 1. The van der Waals surface area contributed by atoms with Crippen LogP contribution in [-0.4, -0.2) is 30.1 Å². The first-order chi connectivity index (χ1) is 11.6. The minimum Gasteiger partial charge on any atom is -0.456 e. The van der Waals surface area contributed by atoms with E-state index in [-0.39, 0.29) is 28.0 Å². The van der Waals surface area contributed by atoms with Crippen molar-refractivity contribution in [1.82, 2.24) is 0 Å². The van der Waals surface area contributed by atoms with Crippen LogP contribution in [0.15, 0.2) is 40.1 Å². The molecule has 2 atom stereocenters. The van der Waals surface area contributed by atoms with Crippen LogP contribution < -0.4 is 4.74 Å². The molecule has 0 amide bonds. The fourth-order valence-electron chi connectivity index (χ4n) is 2.73. The molecule has 1 saturated heterocycles. The maximum absolute atomic E-state index is 13.9. The molecule has 1 heterocycles. The number of alkyl halides is 2. The quantitative estimate of drug-likeness (QED) is 0.771. The van der Waals surface area contributed by atoms with E-state index in [1.54, 1.807) is 6.07 Å². The molecule has 0 aromatic heterocycles. The van der Waals surface area contributed by atoms with E-state index in [4.69, 9.17) is 10.00 Å². The van der Waals surface area contributed by atoms with Crippen molar-refractivity contribution < 1.29 is 31.4 Å². The Morgan fingerprint density at radius 3 is 2.68 bits per heavy atom. The molecule has 3 rings (SSSR count). The van der Waals surface area contributed by atoms with Crippen LogP contribution in [0.4, 0.5) is 13.2 Å². The van der Waals surface area contributed by atoms with Crippen molar-refractivity contribution in [3.63, 3.8) is 0 Å². The Bertz CT molecular complexity index is 965. The number of halogens is 4. The highest BCUT2D eigenvalue weighted by Gasteiger charge is 2.65. The number of fused-ring (bicyclic) bond motifs is 1. The van der Waals surface area contributed by atoms with E-state index in [2.05, 4.69) is 15.9 Å². The molecule has 1 N–H and O–H groups in total. The summed E-state index contributed by atoms with van der Waals surface area (Å²) in [6.07, 6.45) is -1.58. The van der Waals surface area contributed by atoms with Crippen molar-refractivity contribution in [2.24, 2.45) is 0 Å². The molecule has 1 aliphatic heterocycles. The zero-order chi connectivity index (χ0) is 18.6. The lowest BCUT2D eigenvalue weighted by Gasteiger charge is -2.20. The van der Waals surface area contributed by atoms with Crippen molar-refractivity contribution in [3.05, 3.63) is 51.5 Å². The van der Waals surface area contributed by atoms with Gasteiger partial charge in [-0.3, -0.25) is 0 Å². The number of hydrogen-bond acceptors (Lipinski definition) is 5. The number of aliphatic hydroxyl groups excluding tert-OH is 1. The second-order valence-corrected chi connectivity index (χ2v) is 8.46. The summed E-state index contributed by atoms with van der Waals surface area (Å²) in [6, 6.07) is 4.94. The van der Waals surface area contributed by atoms with Crippen LogP contribution in [0.1, 0.15) is 12.0 Å². The molecule has 1 aromatic rings. The van der Waals surface area contributed by atoms with Crippen LogP contribution >= 0.6 is 15.9 Å². The van der Waals surface area contributed by atoms with E-state index < -0.39 is 37.8 Å².